The van der Waals surface area contributed by atoms with E-state index in [0.717, 1.165) is 25.2 Å². The zero-order chi connectivity index (χ0) is 9.76. The molecule has 78 valence electrons. The van der Waals surface area contributed by atoms with Crippen LogP contribution in [0, 0.1) is 17.8 Å². The Kier molecular flexibility index (Phi) is 1.69. The molecule has 0 saturated heterocycles. The molecule has 0 aromatic rings. The lowest BCUT2D eigenvalue weighted by atomic mass is 9.52. The Morgan fingerprint density at radius 2 is 1.86 bits per heavy atom. The minimum absolute atomic E-state index is 0.117. The summed E-state index contributed by atoms with van der Waals surface area (Å²) < 4.78 is 5.35. The molecule has 4 saturated carbocycles. The first kappa shape index (κ1) is 8.72. The number of rotatable bonds is 2. The van der Waals surface area contributed by atoms with E-state index in [-0.39, 0.29) is 5.60 Å². The van der Waals surface area contributed by atoms with E-state index in [1.165, 1.54) is 12.8 Å². The average Bonchev–Trinajstić information content (AvgIpc) is 2.12. The average molecular weight is 195 g/mol. The first-order chi connectivity index (χ1) is 6.72. The summed E-state index contributed by atoms with van der Waals surface area (Å²) in [5, 5.41) is 0. The smallest absolute Gasteiger partial charge is 0.293 e. The van der Waals surface area contributed by atoms with Crippen molar-refractivity contribution < 1.29 is 9.53 Å². The third-order valence-corrected chi connectivity index (χ3v) is 4.59. The Labute approximate surface area is 84.0 Å². The molecule has 4 aliphatic carbocycles. The van der Waals surface area contributed by atoms with Crippen molar-refractivity contribution in [3.05, 3.63) is 0 Å². The van der Waals surface area contributed by atoms with Crippen LogP contribution in [-0.2, 0) is 9.53 Å². The molecule has 0 aliphatic heterocycles. The molecule has 0 aromatic heterocycles. The Bertz CT molecular complexity index is 250. The summed E-state index contributed by atoms with van der Waals surface area (Å²) in [6, 6.07) is 0.370. The Morgan fingerprint density at radius 1 is 1.21 bits per heavy atom. The first-order valence-electron chi connectivity index (χ1n) is 5.59. The van der Waals surface area contributed by atoms with Gasteiger partial charge in [-0.05, 0) is 49.9 Å². The molecule has 0 amide bonds. The Hall–Kier alpha value is -0.570. The summed E-state index contributed by atoms with van der Waals surface area (Å²) >= 11 is 0. The molecule has 3 heteroatoms. The van der Waals surface area contributed by atoms with Gasteiger partial charge in [0, 0.05) is 6.04 Å². The number of hydrogen-bond acceptors (Lipinski definition) is 3. The molecule has 2 unspecified atom stereocenters. The largest absolute Gasteiger partial charge is 0.461 e. The normalized spacial score (nSPS) is 54.6. The molecule has 0 heterocycles. The van der Waals surface area contributed by atoms with E-state index in [0.29, 0.717) is 24.3 Å². The number of hydrogen-bond donors (Lipinski definition) is 1. The molecule has 0 spiro atoms. The monoisotopic (exact) mass is 195 g/mol. The summed E-state index contributed by atoms with van der Waals surface area (Å²) in [5.74, 6) is 2.00. The van der Waals surface area contributed by atoms with Crippen LogP contribution in [0.3, 0.4) is 0 Å². The van der Waals surface area contributed by atoms with E-state index < -0.39 is 0 Å². The van der Waals surface area contributed by atoms with Crippen LogP contribution in [0.2, 0.25) is 0 Å². The van der Waals surface area contributed by atoms with Crippen molar-refractivity contribution in [3.8, 4) is 0 Å². The quantitative estimate of drug-likeness (QED) is 0.670. The molecule has 2 N–H and O–H groups in total. The minimum atomic E-state index is -0.117. The predicted molar refractivity (Wildman–Crippen MR) is 51.4 cm³/mol. The van der Waals surface area contributed by atoms with Gasteiger partial charge < -0.3 is 10.5 Å². The van der Waals surface area contributed by atoms with Gasteiger partial charge in [-0.15, -0.1) is 0 Å². The lowest BCUT2D eigenvalue weighted by molar-refractivity contribution is -0.175. The van der Waals surface area contributed by atoms with Crippen molar-refractivity contribution in [3.63, 3.8) is 0 Å². The predicted octanol–water partition coefficient (Wildman–Crippen LogP) is 1.07. The number of carbonyl (C=O) groups excluding carboxylic acids is 1. The molecule has 14 heavy (non-hydrogen) atoms. The van der Waals surface area contributed by atoms with E-state index in [1.807, 2.05) is 0 Å². The fourth-order valence-corrected chi connectivity index (χ4v) is 4.24. The van der Waals surface area contributed by atoms with Gasteiger partial charge in [0.2, 0.25) is 0 Å². The van der Waals surface area contributed by atoms with Crippen molar-refractivity contribution in [2.24, 2.45) is 23.5 Å². The van der Waals surface area contributed by atoms with Gasteiger partial charge in [-0.25, -0.2) is 0 Å². The number of carbonyl (C=O) groups is 1. The molecule has 2 atom stereocenters. The van der Waals surface area contributed by atoms with Gasteiger partial charge in [0.25, 0.3) is 6.47 Å². The highest BCUT2D eigenvalue weighted by atomic mass is 16.5. The molecule has 4 aliphatic rings. The topological polar surface area (TPSA) is 52.3 Å². The Morgan fingerprint density at radius 3 is 2.43 bits per heavy atom. The summed E-state index contributed by atoms with van der Waals surface area (Å²) in [7, 11) is 0. The molecule has 3 nitrogen and oxygen atoms in total. The highest BCUT2D eigenvalue weighted by molar-refractivity contribution is 5.39. The van der Waals surface area contributed by atoms with Crippen LogP contribution in [-0.4, -0.2) is 18.1 Å². The van der Waals surface area contributed by atoms with Crippen molar-refractivity contribution in [2.45, 2.75) is 43.7 Å². The van der Waals surface area contributed by atoms with Crippen LogP contribution >= 0.6 is 0 Å². The number of ether oxygens (including phenoxy) is 1. The van der Waals surface area contributed by atoms with Gasteiger partial charge in [0.1, 0.15) is 5.60 Å². The molecule has 4 fully saturated rings. The summed E-state index contributed by atoms with van der Waals surface area (Å²) in [6.45, 7) is 0.638. The van der Waals surface area contributed by atoms with Crippen molar-refractivity contribution in [2.75, 3.05) is 0 Å². The van der Waals surface area contributed by atoms with Gasteiger partial charge in [-0.2, -0.15) is 0 Å². The van der Waals surface area contributed by atoms with Gasteiger partial charge in [0.15, 0.2) is 0 Å². The molecular formula is C11H17NO2. The van der Waals surface area contributed by atoms with Crippen LogP contribution in [0.25, 0.3) is 0 Å². The van der Waals surface area contributed by atoms with Crippen LogP contribution in [0.4, 0.5) is 0 Å². The fourth-order valence-electron chi connectivity index (χ4n) is 4.24. The van der Waals surface area contributed by atoms with E-state index in [9.17, 15) is 4.79 Å². The minimum Gasteiger partial charge on any atom is -0.461 e. The van der Waals surface area contributed by atoms with Gasteiger partial charge >= 0.3 is 0 Å². The van der Waals surface area contributed by atoms with E-state index in [2.05, 4.69) is 0 Å². The van der Waals surface area contributed by atoms with Crippen LogP contribution in [0.15, 0.2) is 0 Å². The third kappa shape index (κ3) is 1.05. The lowest BCUT2D eigenvalue weighted by Crippen LogP contribution is -2.60. The molecule has 4 rings (SSSR count). The fraction of sp³-hybridized carbons (Fsp3) is 0.909. The summed E-state index contributed by atoms with van der Waals surface area (Å²) in [5.41, 5.74) is 6.06. The third-order valence-electron chi connectivity index (χ3n) is 4.59. The van der Waals surface area contributed by atoms with Crippen LogP contribution in [0.5, 0.6) is 0 Å². The van der Waals surface area contributed by atoms with Crippen LogP contribution < -0.4 is 5.73 Å². The van der Waals surface area contributed by atoms with Crippen LogP contribution in [0.1, 0.15) is 32.1 Å². The molecule has 0 aromatic carbocycles. The van der Waals surface area contributed by atoms with Crippen molar-refractivity contribution in [1.82, 2.24) is 0 Å². The van der Waals surface area contributed by atoms with E-state index in [4.69, 9.17) is 10.5 Å². The molecular weight excluding hydrogens is 178 g/mol. The summed E-state index contributed by atoms with van der Waals surface area (Å²) in [4.78, 5) is 10.5. The maximum absolute atomic E-state index is 10.5. The van der Waals surface area contributed by atoms with E-state index in [1.54, 1.807) is 0 Å². The molecule has 4 bridgehead atoms. The second-order valence-electron chi connectivity index (χ2n) is 5.44. The standard InChI is InChI=1S/C11H17NO2/c12-10-8-1-7-2-9(10)5-11(3-7,4-8)14-6-13/h6-10H,1-5,12H2. The van der Waals surface area contributed by atoms with Gasteiger partial charge in [0.05, 0.1) is 0 Å². The highest BCUT2D eigenvalue weighted by Gasteiger charge is 2.55. The van der Waals surface area contributed by atoms with Crippen molar-refractivity contribution in [1.29, 1.82) is 0 Å². The summed E-state index contributed by atoms with van der Waals surface area (Å²) in [6.07, 6.45) is 5.65. The maximum Gasteiger partial charge on any atom is 0.293 e. The lowest BCUT2D eigenvalue weighted by Gasteiger charge is -2.57. The highest BCUT2D eigenvalue weighted by Crippen LogP contribution is 2.56. The second kappa shape index (κ2) is 2.72. The van der Waals surface area contributed by atoms with Crippen molar-refractivity contribution >= 4 is 6.47 Å². The van der Waals surface area contributed by atoms with Gasteiger partial charge in [-0.3, -0.25) is 4.79 Å². The van der Waals surface area contributed by atoms with E-state index >= 15 is 0 Å². The zero-order valence-electron chi connectivity index (χ0n) is 8.32. The zero-order valence-corrected chi connectivity index (χ0v) is 8.32. The Balaban J connectivity index is 1.88. The SMILES string of the molecule is NC1C2CC3CC1CC(OC=O)(C3)C2. The number of nitrogens with two attached hydrogens (primary N) is 1. The maximum atomic E-state index is 10.5. The van der Waals surface area contributed by atoms with Gasteiger partial charge in [-0.1, -0.05) is 0 Å². The second-order valence-corrected chi connectivity index (χ2v) is 5.44. The molecule has 0 radical (unpaired) electrons. The first-order valence-corrected chi connectivity index (χ1v) is 5.59.